The van der Waals surface area contributed by atoms with Gasteiger partial charge in [-0.1, -0.05) is 43.1 Å². The van der Waals surface area contributed by atoms with Gasteiger partial charge in [0.1, 0.15) is 6.54 Å². The molecular weight excluding hydrogens is 388 g/mol. The maximum Gasteiger partial charge on any atom is 0.279 e. The van der Waals surface area contributed by atoms with Crippen LogP contribution in [-0.4, -0.2) is 29.0 Å². The average Bonchev–Trinajstić information content (AvgIpc) is 2.69. The summed E-state index contributed by atoms with van der Waals surface area (Å²) in [7, 11) is 0. The van der Waals surface area contributed by atoms with E-state index in [1.54, 1.807) is 12.1 Å². The Morgan fingerprint density at radius 1 is 1.24 bits per heavy atom. The van der Waals surface area contributed by atoms with Crippen molar-refractivity contribution in [3.8, 4) is 0 Å². The lowest BCUT2D eigenvalue weighted by atomic mass is 10.2. The number of rotatable bonds is 8. The molecule has 0 spiro atoms. The maximum absolute atomic E-state index is 12.6. The zero-order chi connectivity index (χ0) is 20.8. The number of hydrogen-bond acceptors (Lipinski definition) is 3. The molecule has 2 aromatic carbocycles. The molecule has 3 N–H and O–H groups in total. The van der Waals surface area contributed by atoms with Crippen LogP contribution in [0.15, 0.2) is 47.3 Å². The van der Waals surface area contributed by atoms with Crippen molar-refractivity contribution in [3.63, 3.8) is 0 Å². The predicted molar refractivity (Wildman–Crippen MR) is 116 cm³/mol. The summed E-state index contributed by atoms with van der Waals surface area (Å²) in [5.41, 5.74) is 2.16. The van der Waals surface area contributed by atoms with Crippen molar-refractivity contribution in [1.29, 1.82) is 0 Å². The molecule has 0 aliphatic carbocycles. The number of halogens is 1. The number of nitrogens with one attached hydrogen (secondary N) is 3. The number of H-pyrrole nitrogens is 1. The normalized spacial score (nSPS) is 12.1. The van der Waals surface area contributed by atoms with Crippen molar-refractivity contribution in [3.05, 3.63) is 69.2 Å². The van der Waals surface area contributed by atoms with E-state index >= 15 is 0 Å². The number of benzene rings is 2. The first-order valence-corrected chi connectivity index (χ1v) is 10.2. The fraction of sp³-hybridized carbons (Fsp3) is 0.318. The van der Waals surface area contributed by atoms with E-state index in [0.29, 0.717) is 34.0 Å². The summed E-state index contributed by atoms with van der Waals surface area (Å²) in [4.78, 5) is 33.4. The zero-order valence-corrected chi connectivity index (χ0v) is 17.5. The summed E-state index contributed by atoms with van der Waals surface area (Å²) in [5.74, 6) is 0.491. The van der Waals surface area contributed by atoms with Gasteiger partial charge in [-0.05, 0) is 43.2 Å². The molecule has 0 saturated carbocycles. The van der Waals surface area contributed by atoms with Gasteiger partial charge in [0.05, 0.1) is 17.4 Å². The van der Waals surface area contributed by atoms with Gasteiger partial charge in [-0.2, -0.15) is 0 Å². The third kappa shape index (κ3) is 5.65. The number of unbranched alkanes of at least 4 members (excludes halogenated alkanes) is 1. The first-order chi connectivity index (χ1) is 14.0. The van der Waals surface area contributed by atoms with Crippen molar-refractivity contribution in [2.24, 2.45) is 0 Å². The molecule has 1 amide bonds. The lowest BCUT2D eigenvalue weighted by molar-refractivity contribution is -0.906. The summed E-state index contributed by atoms with van der Waals surface area (Å²) in [6.07, 6.45) is 2.01. The molecule has 0 aliphatic heterocycles. The van der Waals surface area contributed by atoms with E-state index in [0.717, 1.165) is 29.8 Å². The zero-order valence-electron chi connectivity index (χ0n) is 16.7. The van der Waals surface area contributed by atoms with Crippen molar-refractivity contribution < 1.29 is 9.69 Å². The number of aryl methyl sites for hydroxylation is 1. The Morgan fingerprint density at radius 2 is 2.03 bits per heavy atom. The van der Waals surface area contributed by atoms with Crippen LogP contribution in [0.2, 0.25) is 5.02 Å². The van der Waals surface area contributed by atoms with Gasteiger partial charge >= 0.3 is 0 Å². The molecular formula is C22H26ClN4O2+. The monoisotopic (exact) mass is 413 g/mol. The standard InChI is InChI=1S/C22H25ClN4O2/c1-3-4-11-27(14-21(28)24-16-10-9-15(2)18(23)12-16)13-20-25-19-8-6-5-7-17(19)22(29)26-20/h5-10,12H,3-4,11,13-14H2,1-2H3,(H,24,28)(H,25,26,29)/p+1. The topological polar surface area (TPSA) is 79.3 Å². The highest BCUT2D eigenvalue weighted by Gasteiger charge is 2.17. The summed E-state index contributed by atoms with van der Waals surface area (Å²) in [5, 5.41) is 4.10. The van der Waals surface area contributed by atoms with Crippen molar-refractivity contribution in [1.82, 2.24) is 9.97 Å². The lowest BCUT2D eigenvalue weighted by Crippen LogP contribution is -3.12. The van der Waals surface area contributed by atoms with Crippen LogP contribution < -0.4 is 15.8 Å². The van der Waals surface area contributed by atoms with Crippen LogP contribution >= 0.6 is 11.6 Å². The number of para-hydroxylation sites is 1. The maximum atomic E-state index is 12.6. The van der Waals surface area contributed by atoms with Gasteiger partial charge in [0, 0.05) is 10.7 Å². The third-order valence-corrected chi connectivity index (χ3v) is 5.24. The van der Waals surface area contributed by atoms with Crippen LogP contribution in [-0.2, 0) is 11.3 Å². The van der Waals surface area contributed by atoms with Crippen molar-refractivity contribution >= 4 is 34.1 Å². The van der Waals surface area contributed by atoms with Crippen molar-refractivity contribution in [2.75, 3.05) is 18.4 Å². The Bertz CT molecular complexity index is 1060. The van der Waals surface area contributed by atoms with Crippen LogP contribution in [0.3, 0.4) is 0 Å². The van der Waals surface area contributed by atoms with Gasteiger partial charge < -0.3 is 15.2 Å². The number of aromatic amines is 1. The highest BCUT2D eigenvalue weighted by Crippen LogP contribution is 2.19. The molecule has 0 fully saturated rings. The number of amides is 1. The van der Waals surface area contributed by atoms with E-state index in [1.165, 1.54) is 0 Å². The second kappa shape index (κ2) is 9.67. The number of quaternary nitrogens is 1. The summed E-state index contributed by atoms with van der Waals surface area (Å²) in [6, 6.07) is 12.7. The van der Waals surface area contributed by atoms with E-state index in [2.05, 4.69) is 22.2 Å². The van der Waals surface area contributed by atoms with E-state index in [-0.39, 0.29) is 18.0 Å². The molecule has 0 radical (unpaired) electrons. The minimum Gasteiger partial charge on any atom is -0.321 e. The van der Waals surface area contributed by atoms with Gasteiger partial charge in [0.25, 0.3) is 11.5 Å². The van der Waals surface area contributed by atoms with Crippen LogP contribution in [0.25, 0.3) is 10.9 Å². The minimum absolute atomic E-state index is 0.0980. The molecule has 1 aromatic heterocycles. The summed E-state index contributed by atoms with van der Waals surface area (Å²) >= 11 is 6.14. The largest absolute Gasteiger partial charge is 0.321 e. The number of fused-ring (bicyclic) bond motifs is 1. The lowest BCUT2D eigenvalue weighted by Gasteiger charge is -2.18. The van der Waals surface area contributed by atoms with Crippen molar-refractivity contribution in [2.45, 2.75) is 33.2 Å². The number of nitrogens with zero attached hydrogens (tertiary/aromatic N) is 1. The van der Waals surface area contributed by atoms with Gasteiger partial charge in [-0.15, -0.1) is 0 Å². The SMILES string of the molecule is CCCC[NH+](CC(=O)Nc1ccc(C)c(Cl)c1)Cc1nc2ccccc2c(=O)[nH]1. The molecule has 6 nitrogen and oxygen atoms in total. The molecule has 29 heavy (non-hydrogen) atoms. The molecule has 0 bridgehead atoms. The summed E-state index contributed by atoms with van der Waals surface area (Å²) < 4.78 is 0. The number of anilines is 1. The number of carbonyl (C=O) groups is 1. The first-order valence-electron chi connectivity index (χ1n) is 9.83. The minimum atomic E-state index is -0.154. The number of hydrogen-bond donors (Lipinski definition) is 3. The highest BCUT2D eigenvalue weighted by atomic mass is 35.5. The third-order valence-electron chi connectivity index (χ3n) is 4.83. The molecule has 0 saturated heterocycles. The molecule has 0 aliphatic rings. The van der Waals surface area contributed by atoms with Crippen LogP contribution in [0.5, 0.6) is 0 Å². The van der Waals surface area contributed by atoms with Crippen LogP contribution in [0, 0.1) is 6.92 Å². The molecule has 152 valence electrons. The fourth-order valence-corrected chi connectivity index (χ4v) is 3.40. The van der Waals surface area contributed by atoms with Gasteiger partial charge in [0.2, 0.25) is 0 Å². The van der Waals surface area contributed by atoms with Gasteiger partial charge in [-0.25, -0.2) is 4.98 Å². The quantitative estimate of drug-likeness (QED) is 0.531. The number of aromatic nitrogens is 2. The molecule has 3 rings (SSSR count). The van der Waals surface area contributed by atoms with E-state index in [4.69, 9.17) is 11.6 Å². The Kier molecular flexibility index (Phi) is 7.01. The van der Waals surface area contributed by atoms with Gasteiger partial charge in [0.15, 0.2) is 12.4 Å². The molecule has 1 heterocycles. The molecule has 7 heteroatoms. The smallest absolute Gasteiger partial charge is 0.279 e. The van der Waals surface area contributed by atoms with Crippen LogP contribution in [0.1, 0.15) is 31.2 Å². The molecule has 1 atom stereocenters. The van der Waals surface area contributed by atoms with E-state index < -0.39 is 0 Å². The Hall–Kier alpha value is -2.70. The highest BCUT2D eigenvalue weighted by molar-refractivity contribution is 6.31. The summed E-state index contributed by atoms with van der Waals surface area (Å²) in [6.45, 7) is 5.60. The average molecular weight is 414 g/mol. The van der Waals surface area contributed by atoms with Gasteiger partial charge in [-0.3, -0.25) is 9.59 Å². The number of carbonyl (C=O) groups excluding carboxylic acids is 1. The van der Waals surface area contributed by atoms with E-state index in [9.17, 15) is 9.59 Å². The molecule has 1 unspecified atom stereocenters. The molecule has 3 aromatic rings. The Balaban J connectivity index is 1.73. The van der Waals surface area contributed by atoms with E-state index in [1.807, 2.05) is 37.3 Å². The fourth-order valence-electron chi connectivity index (χ4n) is 3.22. The predicted octanol–water partition coefficient (Wildman–Crippen LogP) is 2.71. The van der Waals surface area contributed by atoms with Crippen LogP contribution in [0.4, 0.5) is 5.69 Å². The Morgan fingerprint density at radius 3 is 2.79 bits per heavy atom. The first kappa shape index (κ1) is 21.0. The second-order valence-electron chi connectivity index (χ2n) is 7.25. The second-order valence-corrected chi connectivity index (χ2v) is 7.66. The Labute approximate surface area is 174 Å².